The summed E-state index contributed by atoms with van der Waals surface area (Å²) >= 11 is 5.63. The first kappa shape index (κ1) is 14.2. The summed E-state index contributed by atoms with van der Waals surface area (Å²) < 4.78 is 25.4. The van der Waals surface area contributed by atoms with E-state index >= 15 is 0 Å². The van der Waals surface area contributed by atoms with E-state index in [-0.39, 0.29) is 18.1 Å². The molecule has 0 spiro atoms. The molecule has 0 radical (unpaired) electrons. The molecule has 1 fully saturated rings. The average Bonchev–Trinajstić information content (AvgIpc) is 2.25. The fraction of sp³-hybridized carbons (Fsp3) is 0.400. The zero-order valence-electron chi connectivity index (χ0n) is 9.91. The van der Waals surface area contributed by atoms with Gasteiger partial charge in [0.05, 0.1) is 10.5 Å². The first-order chi connectivity index (χ1) is 8.63. The van der Waals surface area contributed by atoms with Gasteiger partial charge in [-0.2, -0.15) is 4.31 Å². The fourth-order valence-electron chi connectivity index (χ4n) is 1.87. The smallest absolute Gasteiger partial charge is 0.290 e. The van der Waals surface area contributed by atoms with Gasteiger partial charge in [0.25, 0.3) is 5.69 Å². The van der Waals surface area contributed by atoms with Crippen LogP contribution in [-0.2, 0) is 10.0 Å². The highest BCUT2D eigenvalue weighted by atomic mass is 35.5. The number of sulfonamides is 1. The number of hydrogen-bond acceptors (Lipinski definition) is 5. The van der Waals surface area contributed by atoms with Crippen LogP contribution in [0, 0.1) is 10.1 Å². The van der Waals surface area contributed by atoms with Crippen molar-refractivity contribution in [2.24, 2.45) is 0 Å². The second kappa shape index (κ2) is 4.41. The molecule has 104 valence electrons. The number of aliphatic hydroxyl groups is 1. The van der Waals surface area contributed by atoms with Gasteiger partial charge in [0.2, 0.25) is 10.0 Å². The number of rotatable bonds is 3. The summed E-state index contributed by atoms with van der Waals surface area (Å²) in [5, 5.41) is 20.5. The van der Waals surface area contributed by atoms with Crippen molar-refractivity contribution in [2.75, 3.05) is 13.1 Å². The van der Waals surface area contributed by atoms with Crippen LogP contribution in [0.1, 0.15) is 6.92 Å². The van der Waals surface area contributed by atoms with Crippen LogP contribution in [0.2, 0.25) is 5.02 Å². The molecule has 1 aromatic carbocycles. The highest BCUT2D eigenvalue weighted by molar-refractivity contribution is 7.89. The third-order valence-corrected chi connectivity index (χ3v) is 4.84. The molecule has 0 unspecified atom stereocenters. The molecule has 1 aliphatic rings. The average molecular weight is 307 g/mol. The van der Waals surface area contributed by atoms with Gasteiger partial charge in [0.1, 0.15) is 0 Å². The van der Waals surface area contributed by atoms with Crippen molar-refractivity contribution >= 4 is 27.3 Å². The molecule has 0 aromatic heterocycles. The van der Waals surface area contributed by atoms with E-state index in [1.54, 1.807) is 0 Å². The predicted molar refractivity (Wildman–Crippen MR) is 67.5 cm³/mol. The summed E-state index contributed by atoms with van der Waals surface area (Å²) in [7, 11) is -3.99. The normalized spacial score (nSPS) is 18.9. The molecular formula is C10H11ClN2O5S. The van der Waals surface area contributed by atoms with Gasteiger partial charge in [0.15, 0.2) is 4.90 Å². The molecule has 0 atom stereocenters. The van der Waals surface area contributed by atoms with E-state index in [1.807, 2.05) is 0 Å². The molecule has 1 heterocycles. The Morgan fingerprint density at radius 1 is 1.47 bits per heavy atom. The first-order valence-corrected chi connectivity index (χ1v) is 7.12. The van der Waals surface area contributed by atoms with Crippen molar-refractivity contribution in [3.63, 3.8) is 0 Å². The van der Waals surface area contributed by atoms with E-state index in [2.05, 4.69) is 0 Å². The lowest BCUT2D eigenvalue weighted by Gasteiger charge is -2.42. The fourth-order valence-corrected chi connectivity index (χ4v) is 3.85. The zero-order valence-corrected chi connectivity index (χ0v) is 11.5. The van der Waals surface area contributed by atoms with E-state index in [1.165, 1.54) is 13.0 Å². The molecule has 1 N–H and O–H groups in total. The van der Waals surface area contributed by atoms with Crippen LogP contribution in [0.4, 0.5) is 5.69 Å². The second-order valence-electron chi connectivity index (χ2n) is 4.64. The van der Waals surface area contributed by atoms with Crippen LogP contribution < -0.4 is 0 Å². The maximum atomic E-state index is 12.2. The van der Waals surface area contributed by atoms with E-state index in [9.17, 15) is 23.6 Å². The predicted octanol–water partition coefficient (Wildman–Crippen LogP) is 1.00. The van der Waals surface area contributed by atoms with Crippen LogP contribution in [0.3, 0.4) is 0 Å². The maximum Gasteiger partial charge on any atom is 0.290 e. The SMILES string of the molecule is CC1(O)CN(S(=O)(=O)c2ccc(Cl)cc2[N+](=O)[O-])C1. The lowest BCUT2D eigenvalue weighted by Crippen LogP contribution is -2.61. The molecule has 0 bridgehead atoms. The second-order valence-corrected chi connectivity index (χ2v) is 6.98. The summed E-state index contributed by atoms with van der Waals surface area (Å²) in [6.45, 7) is 1.32. The zero-order chi connectivity index (χ0) is 14.4. The molecule has 9 heteroatoms. The minimum absolute atomic E-state index is 0.0845. The summed E-state index contributed by atoms with van der Waals surface area (Å²) in [5.41, 5.74) is -1.66. The molecule has 7 nitrogen and oxygen atoms in total. The van der Waals surface area contributed by atoms with Gasteiger partial charge < -0.3 is 5.11 Å². The largest absolute Gasteiger partial charge is 0.387 e. The van der Waals surface area contributed by atoms with Crippen molar-refractivity contribution in [3.05, 3.63) is 33.3 Å². The van der Waals surface area contributed by atoms with Crippen molar-refractivity contribution in [2.45, 2.75) is 17.4 Å². The Labute approximate surface area is 114 Å². The monoisotopic (exact) mass is 306 g/mol. The molecule has 0 aliphatic carbocycles. The minimum Gasteiger partial charge on any atom is -0.387 e. The Balaban J connectivity index is 2.45. The van der Waals surface area contributed by atoms with Crippen LogP contribution in [0.5, 0.6) is 0 Å². The summed E-state index contributed by atoms with van der Waals surface area (Å²) in [6.07, 6.45) is 0. The molecule has 1 aliphatic heterocycles. The molecular weight excluding hydrogens is 296 g/mol. The van der Waals surface area contributed by atoms with Gasteiger partial charge in [-0.3, -0.25) is 10.1 Å². The van der Waals surface area contributed by atoms with Crippen molar-refractivity contribution in [1.29, 1.82) is 0 Å². The van der Waals surface area contributed by atoms with Gasteiger partial charge in [0, 0.05) is 24.2 Å². The first-order valence-electron chi connectivity index (χ1n) is 5.30. The Morgan fingerprint density at radius 3 is 2.53 bits per heavy atom. The number of nitro benzene ring substituents is 1. The van der Waals surface area contributed by atoms with E-state index in [0.29, 0.717) is 0 Å². The van der Waals surface area contributed by atoms with Crippen LogP contribution in [0.25, 0.3) is 0 Å². The lowest BCUT2D eigenvalue weighted by atomic mass is 10.0. The van der Waals surface area contributed by atoms with Crippen LogP contribution in [-0.4, -0.2) is 41.4 Å². The third kappa shape index (κ3) is 2.57. The number of nitro groups is 1. The Kier molecular flexibility index (Phi) is 3.29. The molecule has 19 heavy (non-hydrogen) atoms. The van der Waals surface area contributed by atoms with Gasteiger partial charge >= 0.3 is 0 Å². The molecule has 0 saturated carbocycles. The van der Waals surface area contributed by atoms with E-state index in [0.717, 1.165) is 16.4 Å². The van der Waals surface area contributed by atoms with Gasteiger partial charge in [-0.05, 0) is 19.1 Å². The Hall–Kier alpha value is -1.22. The molecule has 1 saturated heterocycles. The Morgan fingerprint density at radius 2 is 2.05 bits per heavy atom. The van der Waals surface area contributed by atoms with Gasteiger partial charge in [-0.25, -0.2) is 8.42 Å². The Bertz CT molecular complexity index is 635. The van der Waals surface area contributed by atoms with E-state index in [4.69, 9.17) is 11.6 Å². The number of hydrogen-bond donors (Lipinski definition) is 1. The highest BCUT2D eigenvalue weighted by Gasteiger charge is 2.45. The number of nitrogens with zero attached hydrogens (tertiary/aromatic N) is 2. The molecule has 1 aromatic rings. The number of β-amino-alcohol motifs (C(OH)–C–C–N with tert-alkyl or cyclic N) is 1. The van der Waals surface area contributed by atoms with Crippen molar-refractivity contribution < 1.29 is 18.4 Å². The van der Waals surface area contributed by atoms with Gasteiger partial charge in [-0.15, -0.1) is 0 Å². The number of halogens is 1. The summed E-state index contributed by atoms with van der Waals surface area (Å²) in [4.78, 5) is 9.68. The maximum absolute atomic E-state index is 12.2. The lowest BCUT2D eigenvalue weighted by molar-refractivity contribution is -0.387. The number of benzene rings is 1. The summed E-state index contributed by atoms with van der Waals surface area (Å²) in [6, 6.07) is 3.37. The minimum atomic E-state index is -3.99. The molecule has 0 amide bonds. The van der Waals surface area contributed by atoms with Crippen molar-refractivity contribution in [3.8, 4) is 0 Å². The van der Waals surface area contributed by atoms with Crippen LogP contribution in [0.15, 0.2) is 23.1 Å². The molecule has 2 rings (SSSR count). The quantitative estimate of drug-likeness (QED) is 0.663. The van der Waals surface area contributed by atoms with E-state index < -0.39 is 31.1 Å². The topological polar surface area (TPSA) is 101 Å². The van der Waals surface area contributed by atoms with Crippen LogP contribution >= 0.6 is 11.6 Å². The van der Waals surface area contributed by atoms with Crippen molar-refractivity contribution in [1.82, 2.24) is 4.31 Å². The van der Waals surface area contributed by atoms with Gasteiger partial charge in [-0.1, -0.05) is 11.6 Å². The summed E-state index contributed by atoms with van der Waals surface area (Å²) in [5.74, 6) is 0. The third-order valence-electron chi connectivity index (χ3n) is 2.77. The standard InChI is InChI=1S/C10H11ClN2O5S/c1-10(14)5-12(6-10)19(17,18)9-3-2-7(11)4-8(9)13(15)16/h2-4,14H,5-6H2,1H3. The highest BCUT2D eigenvalue weighted by Crippen LogP contribution is 2.33.